The number of hydrogen-bond acceptors (Lipinski definition) is 2. The molecule has 0 aliphatic carbocycles. The molecular formula is C11H14O3. The first kappa shape index (κ1) is 10.6. The first-order valence-electron chi connectivity index (χ1n) is 4.54. The van der Waals surface area contributed by atoms with Crippen LogP contribution in [0.4, 0.5) is 0 Å². The highest BCUT2D eigenvalue weighted by molar-refractivity contribution is 5.77. The van der Waals surface area contributed by atoms with Crippen molar-refractivity contribution in [2.75, 3.05) is 0 Å². The maximum atomic E-state index is 11.0. The van der Waals surface area contributed by atoms with Crippen molar-refractivity contribution in [2.45, 2.75) is 19.8 Å². The Labute approximate surface area is 83.0 Å². The van der Waals surface area contributed by atoms with Crippen LogP contribution in [0.25, 0.3) is 0 Å². The summed E-state index contributed by atoms with van der Waals surface area (Å²) in [6.45, 7) is 3.65. The number of para-hydroxylation sites is 1. The van der Waals surface area contributed by atoms with Crippen LogP contribution >= 0.6 is 0 Å². The first-order chi connectivity index (χ1) is 6.54. The van der Waals surface area contributed by atoms with Crippen LogP contribution in [0.1, 0.15) is 25.3 Å². The molecule has 0 heterocycles. The predicted molar refractivity (Wildman–Crippen MR) is 53.3 cm³/mol. The first-order valence-corrected chi connectivity index (χ1v) is 4.54. The molecule has 3 heteroatoms. The molecule has 0 amide bonds. The number of phenols is 1. The summed E-state index contributed by atoms with van der Waals surface area (Å²) >= 11 is 0. The Bertz CT molecular complexity index is 331. The summed E-state index contributed by atoms with van der Waals surface area (Å²) in [5, 5.41) is 18.5. The quantitative estimate of drug-likeness (QED) is 0.775. The van der Waals surface area contributed by atoms with Gasteiger partial charge in [0.25, 0.3) is 0 Å². The largest absolute Gasteiger partial charge is 0.508 e. The molecule has 0 aromatic heterocycles. The molecule has 76 valence electrons. The number of carboxylic acids is 1. The Hall–Kier alpha value is -1.51. The van der Waals surface area contributed by atoms with E-state index in [-0.39, 0.29) is 11.7 Å². The number of carboxylic acid groups (broad SMARTS) is 1. The molecule has 0 bridgehead atoms. The molecule has 1 aromatic rings. The second kappa shape index (κ2) is 4.13. The second-order valence-corrected chi connectivity index (χ2v) is 3.62. The highest BCUT2D eigenvalue weighted by Crippen LogP contribution is 2.30. The molecule has 3 nitrogen and oxygen atoms in total. The van der Waals surface area contributed by atoms with Gasteiger partial charge in [0.2, 0.25) is 0 Å². The SMILES string of the molecule is CC(C)C(C(=O)O)c1ccccc1O. The summed E-state index contributed by atoms with van der Waals surface area (Å²) in [7, 11) is 0. The van der Waals surface area contributed by atoms with E-state index in [0.717, 1.165) is 0 Å². The highest BCUT2D eigenvalue weighted by atomic mass is 16.4. The molecular weight excluding hydrogens is 180 g/mol. The third kappa shape index (κ3) is 2.05. The van der Waals surface area contributed by atoms with Gasteiger partial charge in [0.15, 0.2) is 0 Å². The third-order valence-corrected chi connectivity index (χ3v) is 2.20. The number of aromatic hydroxyl groups is 1. The van der Waals surface area contributed by atoms with E-state index in [0.29, 0.717) is 5.56 Å². The van der Waals surface area contributed by atoms with Gasteiger partial charge in [0.1, 0.15) is 5.75 Å². The maximum absolute atomic E-state index is 11.0. The Kier molecular flexibility index (Phi) is 3.12. The van der Waals surface area contributed by atoms with Crippen LogP contribution in [0.5, 0.6) is 5.75 Å². The van der Waals surface area contributed by atoms with E-state index in [1.807, 2.05) is 13.8 Å². The lowest BCUT2D eigenvalue weighted by molar-refractivity contribution is -0.139. The zero-order valence-corrected chi connectivity index (χ0v) is 8.27. The molecule has 0 aliphatic rings. The maximum Gasteiger partial charge on any atom is 0.311 e. The molecule has 1 rings (SSSR count). The summed E-state index contributed by atoms with van der Waals surface area (Å²) < 4.78 is 0. The van der Waals surface area contributed by atoms with Crippen molar-refractivity contribution in [1.29, 1.82) is 0 Å². The highest BCUT2D eigenvalue weighted by Gasteiger charge is 2.25. The summed E-state index contributed by atoms with van der Waals surface area (Å²) in [5.74, 6) is -1.54. The fourth-order valence-electron chi connectivity index (χ4n) is 1.53. The van der Waals surface area contributed by atoms with Crippen LogP contribution in [0.3, 0.4) is 0 Å². The lowest BCUT2D eigenvalue weighted by Crippen LogP contribution is -2.17. The normalized spacial score (nSPS) is 12.8. The lowest BCUT2D eigenvalue weighted by Gasteiger charge is -2.17. The van der Waals surface area contributed by atoms with Crippen molar-refractivity contribution in [2.24, 2.45) is 5.92 Å². The van der Waals surface area contributed by atoms with Crippen LogP contribution in [0, 0.1) is 5.92 Å². The number of rotatable bonds is 3. The Morgan fingerprint density at radius 2 is 1.86 bits per heavy atom. The fraction of sp³-hybridized carbons (Fsp3) is 0.364. The minimum absolute atomic E-state index is 0.0409. The van der Waals surface area contributed by atoms with Gasteiger partial charge in [-0.15, -0.1) is 0 Å². The molecule has 0 aliphatic heterocycles. The van der Waals surface area contributed by atoms with E-state index >= 15 is 0 Å². The van der Waals surface area contributed by atoms with Crippen molar-refractivity contribution in [3.05, 3.63) is 29.8 Å². The second-order valence-electron chi connectivity index (χ2n) is 3.62. The summed E-state index contributed by atoms with van der Waals surface area (Å²) in [4.78, 5) is 11.0. The average molecular weight is 194 g/mol. The Morgan fingerprint density at radius 3 is 2.29 bits per heavy atom. The number of benzene rings is 1. The van der Waals surface area contributed by atoms with Gasteiger partial charge in [-0.2, -0.15) is 0 Å². The minimum atomic E-state index is -0.901. The third-order valence-electron chi connectivity index (χ3n) is 2.20. The predicted octanol–water partition coefficient (Wildman–Crippen LogP) is 2.22. The van der Waals surface area contributed by atoms with Crippen LogP contribution < -0.4 is 0 Å². The van der Waals surface area contributed by atoms with Gasteiger partial charge in [0.05, 0.1) is 5.92 Å². The van der Waals surface area contributed by atoms with Crippen LogP contribution in [0.2, 0.25) is 0 Å². The molecule has 0 radical (unpaired) electrons. The molecule has 1 aromatic carbocycles. The van der Waals surface area contributed by atoms with Crippen molar-refractivity contribution in [3.63, 3.8) is 0 Å². The summed E-state index contributed by atoms with van der Waals surface area (Å²) in [5.41, 5.74) is 0.481. The van der Waals surface area contributed by atoms with Crippen LogP contribution in [-0.2, 0) is 4.79 Å². The Morgan fingerprint density at radius 1 is 1.29 bits per heavy atom. The van der Waals surface area contributed by atoms with E-state index in [9.17, 15) is 9.90 Å². The molecule has 14 heavy (non-hydrogen) atoms. The van der Waals surface area contributed by atoms with Gasteiger partial charge in [-0.25, -0.2) is 0 Å². The van der Waals surface area contributed by atoms with Gasteiger partial charge in [0, 0.05) is 5.56 Å². The monoisotopic (exact) mass is 194 g/mol. The zero-order valence-electron chi connectivity index (χ0n) is 8.27. The summed E-state index contributed by atoms with van der Waals surface area (Å²) in [6.07, 6.45) is 0. The van der Waals surface area contributed by atoms with E-state index < -0.39 is 11.9 Å². The van der Waals surface area contributed by atoms with Crippen molar-refractivity contribution < 1.29 is 15.0 Å². The lowest BCUT2D eigenvalue weighted by atomic mass is 9.88. The van der Waals surface area contributed by atoms with Gasteiger partial charge < -0.3 is 10.2 Å². The van der Waals surface area contributed by atoms with Crippen LogP contribution in [0.15, 0.2) is 24.3 Å². The molecule has 1 unspecified atom stereocenters. The van der Waals surface area contributed by atoms with Crippen molar-refractivity contribution >= 4 is 5.97 Å². The molecule has 0 saturated heterocycles. The smallest absolute Gasteiger partial charge is 0.311 e. The molecule has 2 N–H and O–H groups in total. The average Bonchev–Trinajstić information content (AvgIpc) is 2.07. The van der Waals surface area contributed by atoms with E-state index in [2.05, 4.69) is 0 Å². The van der Waals surface area contributed by atoms with E-state index in [4.69, 9.17) is 5.11 Å². The molecule has 0 saturated carbocycles. The van der Waals surface area contributed by atoms with Gasteiger partial charge in [-0.3, -0.25) is 4.79 Å². The number of hydrogen-bond donors (Lipinski definition) is 2. The number of carbonyl (C=O) groups is 1. The fourth-order valence-corrected chi connectivity index (χ4v) is 1.53. The van der Waals surface area contributed by atoms with Crippen molar-refractivity contribution in [3.8, 4) is 5.75 Å². The van der Waals surface area contributed by atoms with E-state index in [1.165, 1.54) is 6.07 Å². The summed E-state index contributed by atoms with van der Waals surface area (Å²) in [6, 6.07) is 6.56. The van der Waals surface area contributed by atoms with Gasteiger partial charge in [-0.05, 0) is 12.0 Å². The number of aliphatic carboxylic acids is 1. The number of phenolic OH excluding ortho intramolecular Hbond substituents is 1. The van der Waals surface area contributed by atoms with Crippen molar-refractivity contribution in [1.82, 2.24) is 0 Å². The topological polar surface area (TPSA) is 57.5 Å². The zero-order chi connectivity index (χ0) is 10.7. The molecule has 0 spiro atoms. The molecule has 0 fully saturated rings. The Balaban J connectivity index is 3.12. The minimum Gasteiger partial charge on any atom is -0.508 e. The van der Waals surface area contributed by atoms with Gasteiger partial charge in [-0.1, -0.05) is 32.0 Å². The standard InChI is InChI=1S/C11H14O3/c1-7(2)10(11(13)14)8-5-3-4-6-9(8)12/h3-7,10,12H,1-2H3,(H,13,14). The van der Waals surface area contributed by atoms with E-state index in [1.54, 1.807) is 18.2 Å². The van der Waals surface area contributed by atoms with Crippen LogP contribution in [-0.4, -0.2) is 16.2 Å². The van der Waals surface area contributed by atoms with Gasteiger partial charge >= 0.3 is 5.97 Å². The molecule has 1 atom stereocenters.